The molecule has 1 aromatic carbocycles. The molecular formula is C14H15F3N4O2. The first-order valence-corrected chi connectivity index (χ1v) is 6.76. The van der Waals surface area contributed by atoms with Crippen LogP contribution in [0.5, 0.6) is 5.75 Å². The summed E-state index contributed by atoms with van der Waals surface area (Å²) in [7, 11) is 0. The fourth-order valence-electron chi connectivity index (χ4n) is 1.91. The van der Waals surface area contributed by atoms with Crippen molar-refractivity contribution >= 4 is 5.91 Å². The van der Waals surface area contributed by atoms with E-state index < -0.39 is 12.4 Å². The smallest absolute Gasteiger partial charge is 0.406 e. The Hall–Kier alpha value is -2.58. The number of rotatable bonds is 5. The molecule has 0 spiro atoms. The van der Waals surface area contributed by atoms with Crippen LogP contribution in [-0.2, 0) is 4.79 Å². The van der Waals surface area contributed by atoms with Crippen LogP contribution >= 0.6 is 0 Å². The van der Waals surface area contributed by atoms with Crippen molar-refractivity contribution in [3.63, 3.8) is 0 Å². The highest BCUT2D eigenvalue weighted by Gasteiger charge is 2.31. The van der Waals surface area contributed by atoms with Crippen LogP contribution in [0.3, 0.4) is 0 Å². The number of hydrogen-bond donors (Lipinski definition) is 1. The number of alkyl halides is 3. The highest BCUT2D eigenvalue weighted by molar-refractivity contribution is 5.80. The fraction of sp³-hybridized carbons (Fsp3) is 0.357. The van der Waals surface area contributed by atoms with E-state index in [1.165, 1.54) is 41.6 Å². The first kappa shape index (κ1) is 16.8. The van der Waals surface area contributed by atoms with E-state index in [9.17, 15) is 18.0 Å². The molecule has 124 valence electrons. The Morgan fingerprint density at radius 1 is 1.26 bits per heavy atom. The third kappa shape index (κ3) is 4.70. The third-order valence-corrected chi connectivity index (χ3v) is 3.19. The van der Waals surface area contributed by atoms with Gasteiger partial charge in [0.25, 0.3) is 0 Å². The Morgan fingerprint density at radius 2 is 1.91 bits per heavy atom. The zero-order valence-corrected chi connectivity index (χ0v) is 12.4. The molecule has 2 rings (SSSR count). The van der Waals surface area contributed by atoms with Crippen LogP contribution in [0.4, 0.5) is 13.2 Å². The monoisotopic (exact) mass is 328 g/mol. The second-order valence-electron chi connectivity index (χ2n) is 4.90. The minimum absolute atomic E-state index is 0.279. The Morgan fingerprint density at radius 3 is 2.43 bits per heavy atom. The van der Waals surface area contributed by atoms with Gasteiger partial charge in [-0.1, -0.05) is 12.1 Å². The van der Waals surface area contributed by atoms with Crippen molar-refractivity contribution in [2.24, 2.45) is 0 Å². The molecule has 2 atom stereocenters. The first-order valence-electron chi connectivity index (χ1n) is 6.76. The van der Waals surface area contributed by atoms with Gasteiger partial charge in [-0.15, -0.1) is 13.2 Å². The number of aromatic nitrogens is 3. The standard InChI is InChI=1S/C14H15F3N4O2/c1-9(20-13(22)10(2)21-8-18-7-19-21)11-3-5-12(6-4-11)23-14(15,16)17/h3-10H,1-2H3,(H,20,22)/t9-,10+/m1/s1. The summed E-state index contributed by atoms with van der Waals surface area (Å²) in [6, 6.07) is 4.40. The number of carbonyl (C=O) groups is 1. The number of hydrogen-bond acceptors (Lipinski definition) is 4. The van der Waals surface area contributed by atoms with Gasteiger partial charge < -0.3 is 10.1 Å². The second kappa shape index (κ2) is 6.67. The Balaban J connectivity index is 1.97. The normalized spacial score (nSPS) is 14.1. The molecule has 0 unspecified atom stereocenters. The summed E-state index contributed by atoms with van der Waals surface area (Å²) in [4.78, 5) is 15.9. The van der Waals surface area contributed by atoms with Crippen molar-refractivity contribution < 1.29 is 22.7 Å². The first-order chi connectivity index (χ1) is 10.8. The van der Waals surface area contributed by atoms with Crippen molar-refractivity contribution in [1.82, 2.24) is 20.1 Å². The molecule has 1 heterocycles. The lowest BCUT2D eigenvalue weighted by atomic mass is 10.1. The molecule has 23 heavy (non-hydrogen) atoms. The van der Waals surface area contributed by atoms with Crippen LogP contribution in [0.2, 0.25) is 0 Å². The van der Waals surface area contributed by atoms with Gasteiger partial charge in [0.15, 0.2) is 0 Å². The molecule has 0 aliphatic carbocycles. The molecule has 0 fully saturated rings. The van der Waals surface area contributed by atoms with Crippen LogP contribution < -0.4 is 10.1 Å². The van der Waals surface area contributed by atoms with E-state index in [1.54, 1.807) is 13.8 Å². The van der Waals surface area contributed by atoms with E-state index in [1.807, 2.05) is 0 Å². The minimum atomic E-state index is -4.73. The molecule has 1 amide bonds. The zero-order valence-electron chi connectivity index (χ0n) is 12.4. The van der Waals surface area contributed by atoms with Gasteiger partial charge >= 0.3 is 6.36 Å². The summed E-state index contributed by atoms with van der Waals surface area (Å²) in [5.74, 6) is -0.589. The quantitative estimate of drug-likeness (QED) is 0.916. The van der Waals surface area contributed by atoms with Gasteiger partial charge in [-0.2, -0.15) is 5.10 Å². The van der Waals surface area contributed by atoms with Crippen LogP contribution in [0.15, 0.2) is 36.9 Å². The van der Waals surface area contributed by atoms with Crippen LogP contribution in [0.25, 0.3) is 0 Å². The lowest BCUT2D eigenvalue weighted by molar-refractivity contribution is -0.274. The van der Waals surface area contributed by atoms with Crippen molar-refractivity contribution in [2.45, 2.75) is 32.3 Å². The van der Waals surface area contributed by atoms with Gasteiger partial charge in [0.1, 0.15) is 24.4 Å². The molecule has 0 aliphatic heterocycles. The SMILES string of the molecule is C[C@@H](NC(=O)[C@H](C)n1cncn1)c1ccc(OC(F)(F)F)cc1. The molecule has 0 bridgehead atoms. The minimum Gasteiger partial charge on any atom is -0.406 e. The average Bonchev–Trinajstić information content (AvgIpc) is 2.99. The van der Waals surface area contributed by atoms with Crippen molar-refractivity contribution in [1.29, 1.82) is 0 Å². The largest absolute Gasteiger partial charge is 0.573 e. The Labute approximate surface area is 130 Å². The number of carbonyl (C=O) groups excluding carboxylic acids is 1. The molecule has 1 N–H and O–H groups in total. The van der Waals surface area contributed by atoms with E-state index in [4.69, 9.17) is 0 Å². The van der Waals surface area contributed by atoms with E-state index in [-0.39, 0.29) is 17.7 Å². The van der Waals surface area contributed by atoms with E-state index in [2.05, 4.69) is 20.1 Å². The highest BCUT2D eigenvalue weighted by Crippen LogP contribution is 2.24. The lowest BCUT2D eigenvalue weighted by Crippen LogP contribution is -2.33. The Bertz CT molecular complexity index is 641. The topological polar surface area (TPSA) is 69.0 Å². The third-order valence-electron chi connectivity index (χ3n) is 3.19. The van der Waals surface area contributed by atoms with Crippen molar-refractivity contribution in [2.75, 3.05) is 0 Å². The predicted octanol–water partition coefficient (Wildman–Crippen LogP) is 2.62. The number of halogens is 3. The molecule has 0 aliphatic rings. The van der Waals surface area contributed by atoms with Crippen molar-refractivity contribution in [3.05, 3.63) is 42.5 Å². The highest BCUT2D eigenvalue weighted by atomic mass is 19.4. The predicted molar refractivity (Wildman–Crippen MR) is 74.4 cm³/mol. The summed E-state index contributed by atoms with van der Waals surface area (Å²) in [6.07, 6.45) is -1.97. The van der Waals surface area contributed by atoms with Crippen molar-refractivity contribution in [3.8, 4) is 5.75 Å². The molecule has 2 aromatic rings. The molecule has 9 heteroatoms. The lowest BCUT2D eigenvalue weighted by Gasteiger charge is -2.18. The fourth-order valence-corrected chi connectivity index (χ4v) is 1.91. The number of ether oxygens (including phenoxy) is 1. The molecule has 6 nitrogen and oxygen atoms in total. The van der Waals surface area contributed by atoms with E-state index in [0.717, 1.165) is 0 Å². The van der Waals surface area contributed by atoms with Gasteiger partial charge in [0.2, 0.25) is 5.91 Å². The number of nitrogens with zero attached hydrogens (tertiary/aromatic N) is 3. The van der Waals surface area contributed by atoms with Gasteiger partial charge in [-0.05, 0) is 31.5 Å². The molecule has 1 aromatic heterocycles. The van der Waals surface area contributed by atoms with E-state index in [0.29, 0.717) is 5.56 Å². The van der Waals surface area contributed by atoms with Gasteiger partial charge in [0.05, 0.1) is 6.04 Å². The van der Waals surface area contributed by atoms with Gasteiger partial charge in [-0.3, -0.25) is 4.79 Å². The van der Waals surface area contributed by atoms with Crippen LogP contribution in [0.1, 0.15) is 31.5 Å². The summed E-state index contributed by atoms with van der Waals surface area (Å²) in [5.41, 5.74) is 0.652. The summed E-state index contributed by atoms with van der Waals surface area (Å²) < 4.78 is 41.5. The maximum Gasteiger partial charge on any atom is 0.573 e. The van der Waals surface area contributed by atoms with Gasteiger partial charge in [-0.25, -0.2) is 9.67 Å². The van der Waals surface area contributed by atoms with Crippen LogP contribution in [0, 0.1) is 0 Å². The average molecular weight is 328 g/mol. The number of nitrogens with one attached hydrogen (secondary N) is 1. The second-order valence-corrected chi connectivity index (χ2v) is 4.90. The van der Waals surface area contributed by atoms with Crippen LogP contribution in [-0.4, -0.2) is 27.0 Å². The van der Waals surface area contributed by atoms with E-state index >= 15 is 0 Å². The Kier molecular flexibility index (Phi) is 4.87. The maximum absolute atomic E-state index is 12.1. The molecule has 0 saturated carbocycles. The zero-order chi connectivity index (χ0) is 17.0. The summed E-state index contributed by atoms with van der Waals surface area (Å²) in [6.45, 7) is 3.39. The molecule has 0 saturated heterocycles. The summed E-state index contributed by atoms with van der Waals surface area (Å²) in [5, 5.41) is 6.65. The maximum atomic E-state index is 12.1. The molecular weight excluding hydrogens is 313 g/mol. The molecule has 0 radical (unpaired) electrons. The number of amides is 1. The summed E-state index contributed by atoms with van der Waals surface area (Å²) >= 11 is 0. The number of benzene rings is 1. The van der Waals surface area contributed by atoms with Gasteiger partial charge in [0, 0.05) is 0 Å².